The third-order valence-electron chi connectivity index (χ3n) is 3.96. The van der Waals surface area contributed by atoms with Crippen molar-refractivity contribution in [3.8, 4) is 5.75 Å². The molecule has 0 heterocycles. The van der Waals surface area contributed by atoms with Gasteiger partial charge in [-0.15, -0.1) is 0 Å². The second-order valence-corrected chi connectivity index (χ2v) is 6.26. The largest absolute Gasteiger partial charge is 0.497 e. The molecule has 28 heavy (non-hydrogen) atoms. The lowest BCUT2D eigenvalue weighted by molar-refractivity contribution is -0.120. The summed E-state index contributed by atoms with van der Waals surface area (Å²) in [5, 5.41) is 6.79. The van der Waals surface area contributed by atoms with Gasteiger partial charge < -0.3 is 14.8 Å². The van der Waals surface area contributed by atoms with E-state index >= 15 is 0 Å². The van der Waals surface area contributed by atoms with Crippen LogP contribution in [0.1, 0.15) is 37.4 Å². The summed E-state index contributed by atoms with van der Waals surface area (Å²) in [6.45, 7) is 3.69. The van der Waals surface area contributed by atoms with Crippen molar-refractivity contribution in [2.75, 3.05) is 7.11 Å². The molecule has 148 valence electrons. The maximum atomic E-state index is 12.1. The summed E-state index contributed by atoms with van der Waals surface area (Å²) in [6.07, 6.45) is -0.608. The molecule has 0 bridgehead atoms. The zero-order valence-electron chi connectivity index (χ0n) is 16.3. The predicted octanol–water partition coefficient (Wildman–Crippen LogP) is 3.56. The van der Waals surface area contributed by atoms with Gasteiger partial charge in [0.25, 0.3) is 0 Å². The Kier molecular flexibility index (Phi) is 8.02. The van der Waals surface area contributed by atoms with Crippen LogP contribution in [0.15, 0.2) is 59.7 Å². The van der Waals surface area contributed by atoms with Gasteiger partial charge in [0.2, 0.25) is 5.91 Å². The normalized spacial score (nSPS) is 12.0. The topological polar surface area (TPSA) is 89.0 Å². The summed E-state index contributed by atoms with van der Waals surface area (Å²) in [7, 11) is 1.59. The van der Waals surface area contributed by atoms with Crippen molar-refractivity contribution in [3.05, 3.63) is 65.7 Å². The van der Waals surface area contributed by atoms with Crippen molar-refractivity contribution >= 4 is 17.7 Å². The highest BCUT2D eigenvalue weighted by Gasteiger charge is 2.10. The van der Waals surface area contributed by atoms with Gasteiger partial charge in [-0.25, -0.2) is 10.2 Å². The van der Waals surface area contributed by atoms with Gasteiger partial charge in [0.15, 0.2) is 0 Å². The summed E-state index contributed by atoms with van der Waals surface area (Å²) >= 11 is 0. The molecule has 0 spiro atoms. The number of hydrazone groups is 1. The first kappa shape index (κ1) is 21.0. The third-order valence-corrected chi connectivity index (χ3v) is 3.96. The molecule has 0 aliphatic carbocycles. The molecule has 2 rings (SSSR count). The standard InChI is InChI=1S/C21H25N3O4/c1-15(13-20(25)22-16(2)18-7-5-4-6-8-18)23-24-21(26)28-14-17-9-11-19(27-3)12-10-17/h4-12,16H,13-14H2,1-3H3,(H,22,25)(H,24,26). The monoisotopic (exact) mass is 383 g/mol. The summed E-state index contributed by atoms with van der Waals surface area (Å²) in [4.78, 5) is 23.8. The summed E-state index contributed by atoms with van der Waals surface area (Å²) < 4.78 is 10.2. The molecule has 0 fully saturated rings. The number of hydrogen-bond donors (Lipinski definition) is 2. The van der Waals surface area contributed by atoms with E-state index in [-0.39, 0.29) is 25.0 Å². The number of carbonyl (C=O) groups excluding carboxylic acids is 2. The minimum Gasteiger partial charge on any atom is -0.497 e. The first-order valence-corrected chi connectivity index (χ1v) is 8.91. The lowest BCUT2D eigenvalue weighted by Gasteiger charge is -2.14. The van der Waals surface area contributed by atoms with E-state index in [1.165, 1.54) is 0 Å². The van der Waals surface area contributed by atoms with Crippen molar-refractivity contribution < 1.29 is 19.1 Å². The molecule has 2 N–H and O–H groups in total. The van der Waals surface area contributed by atoms with Crippen LogP contribution in [-0.2, 0) is 16.1 Å². The second-order valence-electron chi connectivity index (χ2n) is 6.26. The van der Waals surface area contributed by atoms with Crippen molar-refractivity contribution in [2.24, 2.45) is 5.10 Å². The van der Waals surface area contributed by atoms with E-state index in [0.29, 0.717) is 5.71 Å². The SMILES string of the molecule is COc1ccc(COC(=O)NN=C(C)CC(=O)NC(C)c2ccccc2)cc1. The maximum Gasteiger partial charge on any atom is 0.428 e. The molecule has 0 aliphatic heterocycles. The molecule has 2 aromatic rings. The lowest BCUT2D eigenvalue weighted by Crippen LogP contribution is -2.29. The lowest BCUT2D eigenvalue weighted by atomic mass is 10.1. The average molecular weight is 383 g/mol. The van der Waals surface area contributed by atoms with E-state index in [4.69, 9.17) is 9.47 Å². The highest BCUT2D eigenvalue weighted by molar-refractivity contribution is 6.00. The number of rotatable bonds is 8. The Labute approximate surface area is 164 Å². The molecule has 0 aromatic heterocycles. The van der Waals surface area contributed by atoms with Crippen LogP contribution in [0.2, 0.25) is 0 Å². The maximum absolute atomic E-state index is 12.1. The van der Waals surface area contributed by atoms with Gasteiger partial charge in [0, 0.05) is 5.71 Å². The molecule has 0 aliphatic rings. The number of ether oxygens (including phenoxy) is 2. The first-order chi connectivity index (χ1) is 13.5. The van der Waals surface area contributed by atoms with E-state index in [9.17, 15) is 9.59 Å². The number of nitrogens with zero attached hydrogens (tertiary/aromatic N) is 1. The number of hydrogen-bond acceptors (Lipinski definition) is 5. The van der Waals surface area contributed by atoms with Gasteiger partial charge in [-0.3, -0.25) is 4.79 Å². The van der Waals surface area contributed by atoms with E-state index in [1.54, 1.807) is 38.3 Å². The van der Waals surface area contributed by atoms with Gasteiger partial charge in [-0.1, -0.05) is 42.5 Å². The van der Waals surface area contributed by atoms with E-state index in [0.717, 1.165) is 16.9 Å². The number of methoxy groups -OCH3 is 1. The van der Waals surface area contributed by atoms with Crippen molar-refractivity contribution in [3.63, 3.8) is 0 Å². The number of carbonyl (C=O) groups is 2. The molecule has 1 unspecified atom stereocenters. The van der Waals surface area contributed by atoms with Crippen LogP contribution in [0.25, 0.3) is 0 Å². The Balaban J connectivity index is 1.73. The van der Waals surface area contributed by atoms with E-state index < -0.39 is 6.09 Å². The Morgan fingerprint density at radius 2 is 1.75 bits per heavy atom. The van der Waals surface area contributed by atoms with Gasteiger partial charge >= 0.3 is 6.09 Å². The molecular formula is C21H25N3O4. The highest BCUT2D eigenvalue weighted by atomic mass is 16.6. The number of nitrogens with one attached hydrogen (secondary N) is 2. The quantitative estimate of drug-likeness (QED) is 0.539. The van der Waals surface area contributed by atoms with Crippen molar-refractivity contribution in [2.45, 2.75) is 32.9 Å². The fourth-order valence-electron chi connectivity index (χ4n) is 2.43. The first-order valence-electron chi connectivity index (χ1n) is 8.91. The van der Waals surface area contributed by atoms with Crippen LogP contribution in [0.5, 0.6) is 5.75 Å². The van der Waals surface area contributed by atoms with E-state index in [2.05, 4.69) is 15.8 Å². The smallest absolute Gasteiger partial charge is 0.428 e. The van der Waals surface area contributed by atoms with Crippen molar-refractivity contribution in [1.29, 1.82) is 0 Å². The van der Waals surface area contributed by atoms with Crippen LogP contribution in [0, 0.1) is 0 Å². The Hall–Kier alpha value is -3.35. The minimum absolute atomic E-state index is 0.0793. The van der Waals surface area contributed by atoms with Crippen LogP contribution < -0.4 is 15.5 Å². The summed E-state index contributed by atoms with van der Waals surface area (Å²) in [6, 6.07) is 16.7. The van der Waals surface area contributed by atoms with Gasteiger partial charge in [-0.05, 0) is 37.1 Å². The van der Waals surface area contributed by atoms with E-state index in [1.807, 2.05) is 37.3 Å². The average Bonchev–Trinajstić information content (AvgIpc) is 2.71. The molecule has 7 nitrogen and oxygen atoms in total. The second kappa shape index (κ2) is 10.7. The summed E-state index contributed by atoms with van der Waals surface area (Å²) in [5.41, 5.74) is 4.60. The third kappa shape index (κ3) is 7.11. The summed E-state index contributed by atoms with van der Waals surface area (Å²) in [5.74, 6) is 0.555. The van der Waals surface area contributed by atoms with Gasteiger partial charge in [0.1, 0.15) is 12.4 Å². The molecule has 2 amide bonds. The number of amides is 2. The fraction of sp³-hybridized carbons (Fsp3) is 0.286. The van der Waals surface area contributed by atoms with Gasteiger partial charge in [0.05, 0.1) is 19.6 Å². The van der Waals surface area contributed by atoms with Crippen LogP contribution in [-0.4, -0.2) is 24.8 Å². The van der Waals surface area contributed by atoms with Crippen LogP contribution in [0.4, 0.5) is 4.79 Å². The minimum atomic E-state index is -0.687. The molecule has 0 saturated carbocycles. The van der Waals surface area contributed by atoms with Gasteiger partial charge in [-0.2, -0.15) is 5.10 Å². The predicted molar refractivity (Wildman–Crippen MR) is 107 cm³/mol. The Bertz CT molecular complexity index is 804. The zero-order chi connectivity index (χ0) is 20.4. The fourth-order valence-corrected chi connectivity index (χ4v) is 2.43. The number of benzene rings is 2. The van der Waals surface area contributed by atoms with Crippen molar-refractivity contribution in [1.82, 2.24) is 10.7 Å². The molecule has 1 atom stereocenters. The Morgan fingerprint density at radius 3 is 2.39 bits per heavy atom. The highest BCUT2D eigenvalue weighted by Crippen LogP contribution is 2.12. The zero-order valence-corrected chi connectivity index (χ0v) is 16.3. The molecule has 0 radical (unpaired) electrons. The molecular weight excluding hydrogens is 358 g/mol. The van der Waals surface area contributed by atoms with Crippen LogP contribution >= 0.6 is 0 Å². The van der Waals surface area contributed by atoms with Crippen LogP contribution in [0.3, 0.4) is 0 Å². The molecule has 0 saturated heterocycles. The Morgan fingerprint density at radius 1 is 1.07 bits per heavy atom. The molecule has 2 aromatic carbocycles. The molecule has 7 heteroatoms.